The van der Waals surface area contributed by atoms with Gasteiger partial charge in [-0.3, -0.25) is 0 Å². The van der Waals surface area contributed by atoms with Crippen LogP contribution in [0.15, 0.2) is 60.9 Å². The molecule has 1 N–H and O–H groups in total. The van der Waals surface area contributed by atoms with Gasteiger partial charge in [-0.05, 0) is 48.4 Å². The van der Waals surface area contributed by atoms with Gasteiger partial charge in [0.2, 0.25) is 0 Å². The number of fused-ring (bicyclic) bond motifs is 2. The number of aryl methyl sites for hydroxylation is 2. The van der Waals surface area contributed by atoms with Gasteiger partial charge in [-0.25, -0.2) is 14.8 Å². The van der Waals surface area contributed by atoms with Crippen molar-refractivity contribution in [2.24, 2.45) is 0 Å². The Morgan fingerprint density at radius 1 is 1.12 bits per heavy atom. The molecule has 2 aromatic carbocycles. The first-order chi connectivity index (χ1) is 15.5. The molecular weight excluding hydrogens is 447 g/mol. The van der Waals surface area contributed by atoms with E-state index in [9.17, 15) is 4.79 Å². The van der Waals surface area contributed by atoms with Crippen LogP contribution in [0.5, 0.6) is 0 Å². The summed E-state index contributed by atoms with van der Waals surface area (Å²) in [6, 6.07) is 15.0. The maximum absolute atomic E-state index is 11.7. The normalized spacial score (nSPS) is 11.3. The predicted molar refractivity (Wildman–Crippen MR) is 126 cm³/mol. The molecule has 32 heavy (non-hydrogen) atoms. The van der Waals surface area contributed by atoms with Crippen LogP contribution in [-0.4, -0.2) is 32.6 Å². The lowest BCUT2D eigenvalue weighted by atomic mass is 10.1. The van der Waals surface area contributed by atoms with Gasteiger partial charge >= 0.3 is 5.97 Å². The number of halogens is 2. The molecule has 0 aliphatic carbocycles. The quantitative estimate of drug-likeness (QED) is 0.327. The topological polar surface area (TPSA) is 72.8 Å². The van der Waals surface area contributed by atoms with Gasteiger partial charge in [-0.2, -0.15) is 0 Å². The van der Waals surface area contributed by atoms with Crippen LogP contribution in [0.25, 0.3) is 33.5 Å². The molecule has 0 saturated carbocycles. The first kappa shape index (κ1) is 20.5. The third kappa shape index (κ3) is 3.61. The molecule has 160 valence electrons. The summed E-state index contributed by atoms with van der Waals surface area (Å²) in [5, 5.41) is 1.94. The van der Waals surface area contributed by atoms with Crippen molar-refractivity contribution in [2.75, 3.05) is 7.11 Å². The van der Waals surface area contributed by atoms with Crippen LogP contribution in [0.1, 0.15) is 15.9 Å². The number of esters is 1. The number of nitrogens with one attached hydrogen (secondary N) is 1. The van der Waals surface area contributed by atoms with E-state index in [1.165, 1.54) is 7.11 Å². The number of aromatic nitrogens is 4. The highest BCUT2D eigenvalue weighted by Crippen LogP contribution is 2.34. The van der Waals surface area contributed by atoms with E-state index in [1.54, 1.807) is 24.4 Å². The van der Waals surface area contributed by atoms with E-state index < -0.39 is 0 Å². The van der Waals surface area contributed by atoms with Crippen molar-refractivity contribution < 1.29 is 9.53 Å². The molecule has 0 saturated heterocycles. The van der Waals surface area contributed by atoms with Crippen molar-refractivity contribution in [1.82, 2.24) is 19.5 Å². The molecule has 0 amide bonds. The summed E-state index contributed by atoms with van der Waals surface area (Å²) in [6.45, 7) is 0.661. The minimum atomic E-state index is -0.348. The Kier molecular flexibility index (Phi) is 5.33. The van der Waals surface area contributed by atoms with Gasteiger partial charge in [0.05, 0.1) is 33.8 Å². The number of carbonyl (C=O) groups is 1. The van der Waals surface area contributed by atoms with Crippen molar-refractivity contribution in [2.45, 2.75) is 13.0 Å². The zero-order chi connectivity index (χ0) is 22.2. The van der Waals surface area contributed by atoms with Crippen LogP contribution < -0.4 is 0 Å². The number of carbonyl (C=O) groups excluding carboxylic acids is 1. The Bertz CT molecular complexity index is 1450. The summed E-state index contributed by atoms with van der Waals surface area (Å²) >= 11 is 12.6. The van der Waals surface area contributed by atoms with Crippen molar-refractivity contribution in [3.05, 3.63) is 82.1 Å². The zero-order valence-electron chi connectivity index (χ0n) is 17.1. The monoisotopic (exact) mass is 464 g/mol. The summed E-state index contributed by atoms with van der Waals surface area (Å²) < 4.78 is 6.91. The van der Waals surface area contributed by atoms with Gasteiger partial charge < -0.3 is 14.3 Å². The summed E-state index contributed by atoms with van der Waals surface area (Å²) in [6.07, 6.45) is 4.41. The van der Waals surface area contributed by atoms with E-state index in [-0.39, 0.29) is 5.97 Å². The van der Waals surface area contributed by atoms with Crippen LogP contribution in [0, 0.1) is 0 Å². The number of aromatic amines is 1. The molecule has 0 radical (unpaired) electrons. The second-order valence-corrected chi connectivity index (χ2v) is 8.20. The first-order valence-corrected chi connectivity index (χ1v) is 10.8. The molecule has 3 heterocycles. The minimum absolute atomic E-state index is 0.348. The second-order valence-electron chi connectivity index (χ2n) is 7.38. The van der Waals surface area contributed by atoms with Gasteiger partial charge in [-0.1, -0.05) is 35.3 Å². The van der Waals surface area contributed by atoms with E-state index >= 15 is 0 Å². The van der Waals surface area contributed by atoms with Gasteiger partial charge in [-0.15, -0.1) is 0 Å². The highest BCUT2D eigenvalue weighted by Gasteiger charge is 2.18. The fraction of sp³-hybridized carbons (Fsp3) is 0.125. The minimum Gasteiger partial charge on any atom is -0.465 e. The average Bonchev–Trinajstić information content (AvgIpc) is 3.39. The van der Waals surface area contributed by atoms with Gasteiger partial charge in [0, 0.05) is 29.9 Å². The highest BCUT2D eigenvalue weighted by molar-refractivity contribution is 6.42. The Morgan fingerprint density at radius 3 is 2.69 bits per heavy atom. The van der Waals surface area contributed by atoms with Crippen LogP contribution in [0.3, 0.4) is 0 Å². The zero-order valence-corrected chi connectivity index (χ0v) is 18.6. The summed E-state index contributed by atoms with van der Waals surface area (Å²) in [7, 11) is 1.37. The predicted octanol–water partition coefficient (Wildman–Crippen LogP) is 5.92. The smallest absolute Gasteiger partial charge is 0.337 e. The number of H-pyrrole nitrogens is 1. The van der Waals surface area contributed by atoms with E-state index in [4.69, 9.17) is 32.9 Å². The number of hydrogen-bond acceptors (Lipinski definition) is 4. The number of rotatable bonds is 5. The summed E-state index contributed by atoms with van der Waals surface area (Å²) in [5.41, 5.74) is 5.05. The molecule has 0 bridgehead atoms. The van der Waals surface area contributed by atoms with Gasteiger partial charge in [0.25, 0.3) is 0 Å². The third-order valence-corrected chi connectivity index (χ3v) is 6.20. The Balaban J connectivity index is 1.57. The summed E-state index contributed by atoms with van der Waals surface area (Å²) in [5.74, 6) is 0.461. The van der Waals surface area contributed by atoms with Crippen molar-refractivity contribution >= 4 is 51.2 Å². The number of benzene rings is 2. The Morgan fingerprint density at radius 2 is 1.91 bits per heavy atom. The molecule has 0 aliphatic heterocycles. The lowest BCUT2D eigenvalue weighted by molar-refractivity contribution is 0.0600. The SMILES string of the molecule is COC(=O)c1ccc(CCn2c(-c3c[nH]c4ncccc34)nc3cc(Cl)c(Cl)cc32)cc1. The average molecular weight is 465 g/mol. The highest BCUT2D eigenvalue weighted by atomic mass is 35.5. The maximum atomic E-state index is 11.7. The van der Waals surface area contributed by atoms with Crippen LogP contribution >= 0.6 is 23.2 Å². The number of methoxy groups -OCH3 is 1. The van der Waals surface area contributed by atoms with Crippen LogP contribution in [-0.2, 0) is 17.7 Å². The second kappa shape index (κ2) is 8.30. The molecule has 0 aliphatic rings. The number of ether oxygens (including phenoxy) is 1. The molecule has 8 heteroatoms. The van der Waals surface area contributed by atoms with E-state index in [2.05, 4.69) is 14.5 Å². The number of imidazole rings is 1. The van der Waals surface area contributed by atoms with Crippen molar-refractivity contribution in [3.63, 3.8) is 0 Å². The van der Waals surface area contributed by atoms with E-state index in [0.717, 1.165) is 45.4 Å². The van der Waals surface area contributed by atoms with E-state index in [0.29, 0.717) is 22.2 Å². The van der Waals surface area contributed by atoms with Crippen LogP contribution in [0.2, 0.25) is 10.0 Å². The van der Waals surface area contributed by atoms with Gasteiger partial charge in [0.1, 0.15) is 11.5 Å². The molecule has 5 rings (SSSR count). The number of nitrogens with zero attached hydrogens (tertiary/aromatic N) is 3. The molecular formula is C24H18Cl2N4O2. The standard InChI is InChI=1S/C24H18Cl2N4O2/c1-32-24(31)15-6-4-14(5-7-15)8-10-30-21-12-19(26)18(25)11-20(21)29-23(30)17-13-28-22-16(17)3-2-9-27-22/h2-7,9,11-13H,8,10H2,1H3,(H,27,28). The molecule has 3 aromatic heterocycles. The number of pyridine rings is 1. The molecule has 0 unspecified atom stereocenters. The Hall–Kier alpha value is -3.35. The largest absolute Gasteiger partial charge is 0.465 e. The molecule has 5 aromatic rings. The third-order valence-electron chi connectivity index (χ3n) is 5.48. The lowest BCUT2D eigenvalue weighted by Gasteiger charge is -2.10. The van der Waals surface area contributed by atoms with Crippen molar-refractivity contribution in [3.8, 4) is 11.4 Å². The fourth-order valence-corrected chi connectivity index (χ4v) is 4.18. The fourth-order valence-electron chi connectivity index (χ4n) is 3.86. The molecule has 0 spiro atoms. The van der Waals surface area contributed by atoms with Gasteiger partial charge in [0.15, 0.2) is 0 Å². The van der Waals surface area contributed by atoms with Crippen LogP contribution in [0.4, 0.5) is 0 Å². The molecule has 0 fully saturated rings. The number of hydrogen-bond donors (Lipinski definition) is 1. The molecule has 6 nitrogen and oxygen atoms in total. The summed E-state index contributed by atoms with van der Waals surface area (Å²) in [4.78, 5) is 24.2. The van der Waals surface area contributed by atoms with Crippen molar-refractivity contribution in [1.29, 1.82) is 0 Å². The first-order valence-electron chi connectivity index (χ1n) is 10.00. The van der Waals surface area contributed by atoms with E-state index in [1.807, 2.05) is 36.5 Å². The lowest BCUT2D eigenvalue weighted by Crippen LogP contribution is -2.05. The Labute approximate surface area is 193 Å². The molecule has 0 atom stereocenters. The maximum Gasteiger partial charge on any atom is 0.337 e.